The number of halogens is 2. The van der Waals surface area contributed by atoms with E-state index in [0.717, 1.165) is 6.07 Å². The third-order valence-electron chi connectivity index (χ3n) is 3.90. The number of hydrogen-bond acceptors (Lipinski definition) is 5. The summed E-state index contributed by atoms with van der Waals surface area (Å²) >= 11 is 5.70. The fraction of sp³-hybridized carbons (Fsp3) is 0.550. The highest BCUT2D eigenvalue weighted by Crippen LogP contribution is 2.19. The number of carbonyl (C=O) groups is 3. The zero-order valence-electron chi connectivity index (χ0n) is 17.5. The molecule has 29 heavy (non-hydrogen) atoms. The van der Waals surface area contributed by atoms with Crippen LogP contribution in [-0.4, -0.2) is 54.0 Å². The summed E-state index contributed by atoms with van der Waals surface area (Å²) in [5, 5.41) is 5.38. The highest BCUT2D eigenvalue weighted by Gasteiger charge is 2.27. The number of carbonyl (C=O) groups excluding carboxylic acids is 3. The van der Waals surface area contributed by atoms with Crippen molar-refractivity contribution < 1.29 is 23.5 Å². The summed E-state index contributed by atoms with van der Waals surface area (Å²) in [5.41, 5.74) is -0.609. The Morgan fingerprint density at radius 3 is 2.45 bits per heavy atom. The van der Waals surface area contributed by atoms with Gasteiger partial charge >= 0.3 is 5.97 Å². The maximum Gasteiger partial charge on any atom is 0.323 e. The third-order valence-corrected chi connectivity index (χ3v) is 4.13. The molecule has 0 aliphatic carbocycles. The molecule has 0 saturated heterocycles. The van der Waals surface area contributed by atoms with Crippen molar-refractivity contribution in [3.05, 3.63) is 29.0 Å². The molecule has 1 aromatic rings. The summed E-state index contributed by atoms with van der Waals surface area (Å²) in [6.45, 7) is 9.28. The van der Waals surface area contributed by atoms with Crippen LogP contribution in [0.15, 0.2) is 18.2 Å². The number of amides is 2. The lowest BCUT2D eigenvalue weighted by atomic mass is 10.2. The van der Waals surface area contributed by atoms with E-state index in [1.54, 1.807) is 32.6 Å². The second-order valence-electron chi connectivity index (χ2n) is 7.65. The minimum absolute atomic E-state index is 0.0231. The van der Waals surface area contributed by atoms with Gasteiger partial charge in [0.15, 0.2) is 0 Å². The molecule has 1 atom stereocenters. The Morgan fingerprint density at radius 1 is 1.24 bits per heavy atom. The fourth-order valence-electron chi connectivity index (χ4n) is 2.46. The minimum Gasteiger partial charge on any atom is -0.459 e. The van der Waals surface area contributed by atoms with E-state index >= 15 is 0 Å². The quantitative estimate of drug-likeness (QED) is 0.589. The second-order valence-corrected chi connectivity index (χ2v) is 8.09. The molecule has 0 heterocycles. The topological polar surface area (TPSA) is 87.7 Å². The van der Waals surface area contributed by atoms with E-state index in [-0.39, 0.29) is 29.6 Å². The van der Waals surface area contributed by atoms with Gasteiger partial charge < -0.3 is 15.4 Å². The molecule has 0 saturated carbocycles. The van der Waals surface area contributed by atoms with Crippen molar-refractivity contribution >= 4 is 35.1 Å². The van der Waals surface area contributed by atoms with Crippen molar-refractivity contribution in [2.75, 3.05) is 25.0 Å². The second kappa shape index (κ2) is 11.1. The Balaban J connectivity index is 2.73. The number of rotatable bonds is 9. The van der Waals surface area contributed by atoms with Gasteiger partial charge in [-0.1, -0.05) is 11.6 Å². The van der Waals surface area contributed by atoms with Crippen molar-refractivity contribution in [1.29, 1.82) is 0 Å². The highest BCUT2D eigenvalue weighted by molar-refractivity contribution is 6.30. The van der Waals surface area contributed by atoms with Crippen LogP contribution in [0.25, 0.3) is 0 Å². The molecule has 0 aromatic heterocycles. The summed E-state index contributed by atoms with van der Waals surface area (Å²) < 4.78 is 19.2. The molecule has 0 spiro atoms. The van der Waals surface area contributed by atoms with Gasteiger partial charge in [0.05, 0.1) is 5.69 Å². The number of hydrogen-bond donors (Lipinski definition) is 2. The summed E-state index contributed by atoms with van der Waals surface area (Å²) in [7, 11) is 0. The summed E-state index contributed by atoms with van der Waals surface area (Å²) in [6, 6.07) is 3.35. The number of ether oxygens (including phenoxy) is 1. The summed E-state index contributed by atoms with van der Waals surface area (Å²) in [4.78, 5) is 37.5. The van der Waals surface area contributed by atoms with Crippen LogP contribution in [-0.2, 0) is 19.1 Å². The summed E-state index contributed by atoms with van der Waals surface area (Å²) in [5.74, 6) is -1.65. The molecular formula is C20H29ClFN3O4. The smallest absolute Gasteiger partial charge is 0.323 e. The van der Waals surface area contributed by atoms with Crippen molar-refractivity contribution in [3.8, 4) is 0 Å². The number of nitrogens with one attached hydrogen (secondary N) is 2. The average Bonchev–Trinajstić information content (AvgIpc) is 2.58. The van der Waals surface area contributed by atoms with E-state index in [2.05, 4.69) is 10.6 Å². The molecule has 2 amide bonds. The molecule has 162 valence electrons. The van der Waals surface area contributed by atoms with Crippen LogP contribution in [0.2, 0.25) is 5.02 Å². The maximum absolute atomic E-state index is 13.8. The molecule has 1 aromatic carbocycles. The lowest BCUT2D eigenvalue weighted by Crippen LogP contribution is -2.46. The first-order chi connectivity index (χ1) is 13.4. The minimum atomic E-state index is -0.641. The standard InChI is InChI=1S/C20H29ClFN3O4/c1-13(19(28)29-20(3,4)5)25(11-9-23-14(2)26)10-8-18(27)24-17-7-6-15(21)12-16(17)22/h6-7,12-13H,8-11H2,1-5H3,(H,23,26)(H,24,27)/t13-/m0/s1. The van der Waals surface area contributed by atoms with Crippen LogP contribution in [0.1, 0.15) is 41.0 Å². The molecule has 0 bridgehead atoms. The van der Waals surface area contributed by atoms with E-state index < -0.39 is 29.3 Å². The van der Waals surface area contributed by atoms with E-state index in [0.29, 0.717) is 13.1 Å². The van der Waals surface area contributed by atoms with Gasteiger partial charge in [-0.25, -0.2) is 4.39 Å². The van der Waals surface area contributed by atoms with Crippen LogP contribution in [0, 0.1) is 5.82 Å². The first-order valence-corrected chi connectivity index (χ1v) is 9.73. The van der Waals surface area contributed by atoms with E-state index in [1.807, 2.05) is 0 Å². The van der Waals surface area contributed by atoms with Crippen LogP contribution in [0.3, 0.4) is 0 Å². The van der Waals surface area contributed by atoms with E-state index in [1.165, 1.54) is 19.1 Å². The Bertz CT molecular complexity index is 737. The predicted molar refractivity (Wildman–Crippen MR) is 110 cm³/mol. The molecular weight excluding hydrogens is 401 g/mol. The first kappa shape index (κ1) is 24.8. The molecule has 0 aliphatic heterocycles. The van der Waals surface area contributed by atoms with Crippen molar-refractivity contribution in [2.45, 2.75) is 52.7 Å². The first-order valence-electron chi connectivity index (χ1n) is 9.35. The molecule has 0 radical (unpaired) electrons. The molecule has 9 heteroatoms. The number of esters is 1. The maximum atomic E-state index is 13.8. The molecule has 2 N–H and O–H groups in total. The van der Waals surface area contributed by atoms with Crippen LogP contribution in [0.4, 0.5) is 10.1 Å². The third kappa shape index (κ3) is 9.71. The largest absolute Gasteiger partial charge is 0.459 e. The Labute approximate surface area is 175 Å². The van der Waals surface area contributed by atoms with Gasteiger partial charge in [0.1, 0.15) is 17.5 Å². The number of benzene rings is 1. The number of nitrogens with zero attached hydrogens (tertiary/aromatic N) is 1. The lowest BCUT2D eigenvalue weighted by Gasteiger charge is -2.30. The lowest BCUT2D eigenvalue weighted by molar-refractivity contribution is -0.161. The van der Waals surface area contributed by atoms with Gasteiger partial charge in [0, 0.05) is 38.0 Å². The zero-order valence-corrected chi connectivity index (χ0v) is 18.2. The van der Waals surface area contributed by atoms with Gasteiger partial charge in [-0.2, -0.15) is 0 Å². The van der Waals surface area contributed by atoms with Gasteiger partial charge in [-0.15, -0.1) is 0 Å². The zero-order chi connectivity index (χ0) is 22.2. The fourth-order valence-corrected chi connectivity index (χ4v) is 2.62. The SMILES string of the molecule is CC(=O)NCCN(CCC(=O)Nc1ccc(Cl)cc1F)[C@@H](C)C(=O)OC(C)(C)C. The summed E-state index contributed by atoms with van der Waals surface area (Å²) in [6.07, 6.45) is 0.0231. The van der Waals surface area contributed by atoms with Gasteiger partial charge in [-0.05, 0) is 45.9 Å². The monoisotopic (exact) mass is 429 g/mol. The molecule has 1 rings (SSSR count). The molecule has 0 fully saturated rings. The van der Waals surface area contributed by atoms with Crippen molar-refractivity contribution in [1.82, 2.24) is 10.2 Å². The van der Waals surface area contributed by atoms with Crippen LogP contribution < -0.4 is 10.6 Å². The Morgan fingerprint density at radius 2 is 1.90 bits per heavy atom. The van der Waals surface area contributed by atoms with Gasteiger partial charge in [-0.3, -0.25) is 19.3 Å². The van der Waals surface area contributed by atoms with Crippen LogP contribution in [0.5, 0.6) is 0 Å². The molecule has 7 nitrogen and oxygen atoms in total. The predicted octanol–water partition coefficient (Wildman–Crippen LogP) is 2.98. The van der Waals surface area contributed by atoms with Crippen molar-refractivity contribution in [2.24, 2.45) is 0 Å². The Kier molecular flexibility index (Phi) is 9.52. The highest BCUT2D eigenvalue weighted by atomic mass is 35.5. The van der Waals surface area contributed by atoms with Gasteiger partial charge in [0.25, 0.3) is 0 Å². The van der Waals surface area contributed by atoms with Crippen LogP contribution >= 0.6 is 11.6 Å². The average molecular weight is 430 g/mol. The molecule has 0 aliphatic rings. The van der Waals surface area contributed by atoms with E-state index in [9.17, 15) is 18.8 Å². The number of anilines is 1. The van der Waals surface area contributed by atoms with E-state index in [4.69, 9.17) is 16.3 Å². The van der Waals surface area contributed by atoms with Gasteiger partial charge in [0.2, 0.25) is 11.8 Å². The molecule has 0 unspecified atom stereocenters. The van der Waals surface area contributed by atoms with Crippen molar-refractivity contribution in [3.63, 3.8) is 0 Å². The normalized spacial score (nSPS) is 12.4. The Hall–Kier alpha value is -2.19.